The number of aromatic nitrogens is 2. The van der Waals surface area contributed by atoms with Crippen LogP contribution in [0, 0.1) is 0 Å². The lowest BCUT2D eigenvalue weighted by atomic mass is 9.97. The summed E-state index contributed by atoms with van der Waals surface area (Å²) in [6.07, 6.45) is 1.40. The van der Waals surface area contributed by atoms with Gasteiger partial charge in [-0.1, -0.05) is 23.9 Å². The summed E-state index contributed by atoms with van der Waals surface area (Å²) in [4.78, 5) is 18.8. The summed E-state index contributed by atoms with van der Waals surface area (Å²) >= 11 is 1.62. The molecule has 19 heavy (non-hydrogen) atoms. The highest BCUT2D eigenvalue weighted by Gasteiger charge is 2.24. The van der Waals surface area contributed by atoms with Gasteiger partial charge in [0.05, 0.1) is 16.6 Å². The zero-order valence-electron chi connectivity index (χ0n) is 10.8. The number of amides is 1. The van der Waals surface area contributed by atoms with Gasteiger partial charge in [0.2, 0.25) is 5.91 Å². The summed E-state index contributed by atoms with van der Waals surface area (Å²) in [7, 11) is 0. The predicted octanol–water partition coefficient (Wildman–Crippen LogP) is 1.64. The van der Waals surface area contributed by atoms with E-state index < -0.39 is 11.4 Å². The van der Waals surface area contributed by atoms with Gasteiger partial charge < -0.3 is 16.5 Å². The summed E-state index contributed by atoms with van der Waals surface area (Å²) < 4.78 is 0. The fraction of sp³-hybridized carbons (Fsp3) is 0.385. The largest absolute Gasteiger partial charge is 0.368 e. The second kappa shape index (κ2) is 5.63. The van der Waals surface area contributed by atoms with Crippen LogP contribution in [0.2, 0.25) is 0 Å². The van der Waals surface area contributed by atoms with Gasteiger partial charge in [0.1, 0.15) is 0 Å². The second-order valence-corrected chi connectivity index (χ2v) is 5.88. The van der Waals surface area contributed by atoms with Crippen molar-refractivity contribution >= 4 is 28.7 Å². The quantitative estimate of drug-likeness (QED) is 0.552. The molecule has 1 aromatic carbocycles. The highest BCUT2D eigenvalue weighted by atomic mass is 32.2. The van der Waals surface area contributed by atoms with Crippen molar-refractivity contribution in [2.75, 3.05) is 5.75 Å². The van der Waals surface area contributed by atoms with E-state index in [1.807, 2.05) is 24.3 Å². The third kappa shape index (κ3) is 3.48. The van der Waals surface area contributed by atoms with Crippen molar-refractivity contribution in [3.05, 3.63) is 24.3 Å². The Bertz CT molecular complexity index is 546. The van der Waals surface area contributed by atoms with Crippen LogP contribution in [0.1, 0.15) is 19.8 Å². The number of carbonyl (C=O) groups excluding carboxylic acids is 1. The number of H-pyrrole nitrogens is 1. The average Bonchev–Trinajstić information content (AvgIpc) is 2.77. The lowest BCUT2D eigenvalue weighted by Gasteiger charge is -2.19. The third-order valence-electron chi connectivity index (χ3n) is 3.01. The number of aromatic amines is 1. The van der Waals surface area contributed by atoms with Crippen molar-refractivity contribution in [3.63, 3.8) is 0 Å². The number of nitrogens with two attached hydrogens (primary N) is 2. The molecule has 1 aromatic heterocycles. The molecule has 1 atom stereocenters. The van der Waals surface area contributed by atoms with Crippen molar-refractivity contribution in [1.29, 1.82) is 0 Å². The highest BCUT2D eigenvalue weighted by Crippen LogP contribution is 2.21. The molecule has 6 heteroatoms. The number of rotatable bonds is 6. The molecule has 0 fully saturated rings. The molecule has 5 N–H and O–H groups in total. The van der Waals surface area contributed by atoms with E-state index in [0.29, 0.717) is 6.42 Å². The fourth-order valence-electron chi connectivity index (χ4n) is 1.73. The van der Waals surface area contributed by atoms with Gasteiger partial charge in [-0.15, -0.1) is 0 Å². The van der Waals surface area contributed by atoms with E-state index in [-0.39, 0.29) is 0 Å². The van der Waals surface area contributed by atoms with Crippen molar-refractivity contribution in [2.45, 2.75) is 30.5 Å². The number of nitrogens with zero attached hydrogens (tertiary/aromatic N) is 1. The van der Waals surface area contributed by atoms with Crippen LogP contribution < -0.4 is 11.5 Å². The lowest BCUT2D eigenvalue weighted by Crippen LogP contribution is -2.49. The Morgan fingerprint density at radius 1 is 1.47 bits per heavy atom. The Morgan fingerprint density at radius 3 is 2.89 bits per heavy atom. The molecule has 0 aliphatic rings. The Hall–Kier alpha value is -1.53. The van der Waals surface area contributed by atoms with Gasteiger partial charge in [-0.25, -0.2) is 4.98 Å². The summed E-state index contributed by atoms with van der Waals surface area (Å²) in [5.41, 5.74) is 12.1. The van der Waals surface area contributed by atoms with Crippen LogP contribution >= 0.6 is 11.8 Å². The molecule has 1 heterocycles. The highest BCUT2D eigenvalue weighted by molar-refractivity contribution is 7.99. The first kappa shape index (κ1) is 13.9. The number of carbonyl (C=O) groups is 1. The number of nitrogens with one attached hydrogen (secondary N) is 1. The number of hydrogen-bond donors (Lipinski definition) is 3. The van der Waals surface area contributed by atoms with E-state index in [1.54, 1.807) is 18.7 Å². The number of thioether (sulfide) groups is 1. The SMILES string of the molecule is CC(N)(CCCSc1nc2ccccc2[nH]1)C(N)=O. The molecule has 5 nitrogen and oxygen atoms in total. The maximum atomic E-state index is 11.1. The van der Waals surface area contributed by atoms with Gasteiger partial charge in [0, 0.05) is 5.75 Å². The molecule has 0 saturated carbocycles. The van der Waals surface area contributed by atoms with Gasteiger partial charge in [0.15, 0.2) is 5.16 Å². The van der Waals surface area contributed by atoms with Gasteiger partial charge in [-0.2, -0.15) is 0 Å². The maximum absolute atomic E-state index is 11.1. The van der Waals surface area contributed by atoms with Crippen LogP contribution in [0.4, 0.5) is 0 Å². The minimum atomic E-state index is -0.922. The zero-order valence-corrected chi connectivity index (χ0v) is 11.7. The molecule has 0 saturated heterocycles. The second-order valence-electron chi connectivity index (χ2n) is 4.79. The van der Waals surface area contributed by atoms with Crippen molar-refractivity contribution in [3.8, 4) is 0 Å². The van der Waals surface area contributed by atoms with Gasteiger partial charge >= 0.3 is 0 Å². The number of primary amides is 1. The molecular formula is C13H18N4OS. The minimum absolute atomic E-state index is 0.457. The maximum Gasteiger partial charge on any atom is 0.237 e. The molecule has 102 valence electrons. The van der Waals surface area contributed by atoms with Crippen molar-refractivity contribution < 1.29 is 4.79 Å². The van der Waals surface area contributed by atoms with Crippen LogP contribution in [0.5, 0.6) is 0 Å². The van der Waals surface area contributed by atoms with E-state index in [2.05, 4.69) is 9.97 Å². The molecule has 0 bridgehead atoms. The summed E-state index contributed by atoms with van der Waals surface area (Å²) in [5.74, 6) is 0.390. The molecule has 1 unspecified atom stereocenters. The summed E-state index contributed by atoms with van der Waals surface area (Å²) in [5, 5.41) is 0.888. The number of hydrogen-bond acceptors (Lipinski definition) is 4. The van der Waals surface area contributed by atoms with Gasteiger partial charge in [0.25, 0.3) is 0 Å². The Labute approximate surface area is 116 Å². The first-order valence-electron chi connectivity index (χ1n) is 6.15. The summed E-state index contributed by atoms with van der Waals surface area (Å²) in [6.45, 7) is 1.67. The minimum Gasteiger partial charge on any atom is -0.368 e. The Balaban J connectivity index is 1.84. The molecule has 2 rings (SSSR count). The predicted molar refractivity (Wildman–Crippen MR) is 77.8 cm³/mol. The molecule has 0 aliphatic carbocycles. The Morgan fingerprint density at radius 2 is 2.21 bits per heavy atom. The van der Waals surface area contributed by atoms with Crippen molar-refractivity contribution in [2.24, 2.45) is 11.5 Å². The Kier molecular flexibility index (Phi) is 4.11. The topological polar surface area (TPSA) is 97.8 Å². The van der Waals surface area contributed by atoms with E-state index in [4.69, 9.17) is 11.5 Å². The van der Waals surface area contributed by atoms with Crippen LogP contribution in [-0.2, 0) is 4.79 Å². The van der Waals surface area contributed by atoms with Gasteiger partial charge in [-0.3, -0.25) is 4.79 Å². The number of fused-ring (bicyclic) bond motifs is 1. The smallest absolute Gasteiger partial charge is 0.237 e. The monoisotopic (exact) mass is 278 g/mol. The van der Waals surface area contributed by atoms with E-state index in [1.165, 1.54) is 0 Å². The number of para-hydroxylation sites is 2. The van der Waals surface area contributed by atoms with Crippen molar-refractivity contribution in [1.82, 2.24) is 9.97 Å². The lowest BCUT2D eigenvalue weighted by molar-refractivity contribution is -0.122. The van der Waals surface area contributed by atoms with Crippen LogP contribution in [0.25, 0.3) is 11.0 Å². The first-order chi connectivity index (χ1) is 8.99. The standard InChI is InChI=1S/C13H18N4OS/c1-13(15,11(14)18)7-4-8-19-12-16-9-5-2-3-6-10(9)17-12/h2-3,5-6H,4,7-8,15H2,1H3,(H2,14,18)(H,16,17). The molecule has 0 aliphatic heterocycles. The molecule has 2 aromatic rings. The average molecular weight is 278 g/mol. The third-order valence-corrected chi connectivity index (χ3v) is 3.97. The van der Waals surface area contributed by atoms with E-state index in [9.17, 15) is 4.79 Å². The van der Waals surface area contributed by atoms with E-state index >= 15 is 0 Å². The van der Waals surface area contributed by atoms with Crippen LogP contribution in [-0.4, -0.2) is 27.2 Å². The molecule has 0 radical (unpaired) electrons. The number of imidazole rings is 1. The van der Waals surface area contributed by atoms with E-state index in [0.717, 1.165) is 28.4 Å². The first-order valence-corrected chi connectivity index (χ1v) is 7.14. The summed E-state index contributed by atoms with van der Waals surface area (Å²) in [6, 6.07) is 7.91. The van der Waals surface area contributed by atoms with Crippen LogP contribution in [0.15, 0.2) is 29.4 Å². The molecule has 0 spiro atoms. The number of benzene rings is 1. The molecular weight excluding hydrogens is 260 g/mol. The molecule has 1 amide bonds. The normalized spacial score (nSPS) is 14.4. The zero-order chi connectivity index (χ0) is 13.9. The van der Waals surface area contributed by atoms with Gasteiger partial charge in [-0.05, 0) is 31.9 Å². The fourth-order valence-corrected chi connectivity index (χ4v) is 2.56. The van der Waals surface area contributed by atoms with Crippen LogP contribution in [0.3, 0.4) is 0 Å².